The molecule has 0 saturated carbocycles. The summed E-state index contributed by atoms with van der Waals surface area (Å²) in [4.78, 5) is 24.6. The summed E-state index contributed by atoms with van der Waals surface area (Å²) in [6, 6.07) is 9.78. The zero-order valence-corrected chi connectivity index (χ0v) is 10.5. The van der Waals surface area contributed by atoms with Gasteiger partial charge in [0, 0.05) is 6.54 Å². The van der Waals surface area contributed by atoms with E-state index in [2.05, 4.69) is 6.92 Å². The number of carbonyl (C=O) groups excluding carboxylic acids is 2. The molecule has 96 valence electrons. The van der Waals surface area contributed by atoms with Crippen LogP contribution in [-0.4, -0.2) is 23.3 Å². The summed E-state index contributed by atoms with van der Waals surface area (Å²) in [6.45, 7) is 2.68. The highest BCUT2D eigenvalue weighted by Gasteiger charge is 2.32. The molecule has 0 bridgehead atoms. The number of hydrogen-bond acceptors (Lipinski definition) is 2. The van der Waals surface area contributed by atoms with Gasteiger partial charge in [-0.3, -0.25) is 9.59 Å². The van der Waals surface area contributed by atoms with Crippen molar-refractivity contribution in [2.24, 2.45) is 11.7 Å². The van der Waals surface area contributed by atoms with Crippen molar-refractivity contribution in [3.05, 3.63) is 35.9 Å². The molecule has 1 aromatic carbocycles. The predicted octanol–water partition coefficient (Wildman–Crippen LogP) is 1.47. The third-order valence-corrected chi connectivity index (χ3v) is 3.47. The number of primary amides is 1. The fourth-order valence-electron chi connectivity index (χ4n) is 2.54. The van der Waals surface area contributed by atoms with Crippen LogP contribution < -0.4 is 5.73 Å². The quantitative estimate of drug-likeness (QED) is 0.763. The van der Waals surface area contributed by atoms with Crippen molar-refractivity contribution in [2.75, 3.05) is 6.54 Å². The fraction of sp³-hybridized carbons (Fsp3) is 0.429. The standard InChI is InChI=1S/C14H18N2O2/c1-10-7-8-12(11-5-3-2-4-6-11)16(9-10)14(18)13(15)17/h2-6,10,12H,7-9H2,1H3,(H2,15,17)/t10-,12+/m0/s1. The van der Waals surface area contributed by atoms with Gasteiger partial charge in [0.25, 0.3) is 0 Å². The molecule has 0 radical (unpaired) electrons. The second-order valence-electron chi connectivity index (χ2n) is 4.93. The minimum absolute atomic E-state index is 0.0256. The average Bonchev–Trinajstić information content (AvgIpc) is 2.38. The van der Waals surface area contributed by atoms with Gasteiger partial charge in [-0.1, -0.05) is 37.3 Å². The minimum atomic E-state index is -0.870. The van der Waals surface area contributed by atoms with E-state index >= 15 is 0 Å². The Balaban J connectivity index is 2.26. The van der Waals surface area contributed by atoms with Crippen LogP contribution in [0.5, 0.6) is 0 Å². The Labute approximate surface area is 107 Å². The molecule has 1 fully saturated rings. The maximum absolute atomic E-state index is 11.9. The van der Waals surface area contributed by atoms with Gasteiger partial charge in [-0.25, -0.2) is 0 Å². The monoisotopic (exact) mass is 246 g/mol. The molecule has 0 aliphatic carbocycles. The highest BCUT2D eigenvalue weighted by atomic mass is 16.2. The molecule has 4 nitrogen and oxygen atoms in total. The second-order valence-corrected chi connectivity index (χ2v) is 4.93. The molecule has 2 rings (SSSR count). The summed E-state index contributed by atoms with van der Waals surface area (Å²) < 4.78 is 0. The van der Waals surface area contributed by atoms with Crippen molar-refractivity contribution in [3.8, 4) is 0 Å². The summed E-state index contributed by atoms with van der Waals surface area (Å²) >= 11 is 0. The van der Waals surface area contributed by atoms with Crippen molar-refractivity contribution in [2.45, 2.75) is 25.8 Å². The first kappa shape index (κ1) is 12.6. The van der Waals surface area contributed by atoms with Gasteiger partial charge in [0.15, 0.2) is 0 Å². The number of nitrogens with two attached hydrogens (primary N) is 1. The number of amides is 2. The Morgan fingerprint density at radius 1 is 1.22 bits per heavy atom. The van der Waals surface area contributed by atoms with Gasteiger partial charge < -0.3 is 10.6 Å². The van der Waals surface area contributed by atoms with E-state index in [1.54, 1.807) is 4.90 Å². The molecule has 1 aliphatic rings. The Morgan fingerprint density at radius 2 is 1.89 bits per heavy atom. The molecule has 1 saturated heterocycles. The highest BCUT2D eigenvalue weighted by Crippen LogP contribution is 2.33. The summed E-state index contributed by atoms with van der Waals surface area (Å²) in [5, 5.41) is 0. The third kappa shape index (κ3) is 2.53. The first-order valence-corrected chi connectivity index (χ1v) is 6.25. The summed E-state index contributed by atoms with van der Waals surface area (Å²) in [6.07, 6.45) is 1.94. The zero-order valence-electron chi connectivity index (χ0n) is 10.5. The topological polar surface area (TPSA) is 63.4 Å². The summed E-state index contributed by atoms with van der Waals surface area (Å²) in [5.74, 6) is -1.03. The number of carbonyl (C=O) groups is 2. The van der Waals surface area contributed by atoms with E-state index in [-0.39, 0.29) is 6.04 Å². The van der Waals surface area contributed by atoms with Crippen LogP contribution in [0.15, 0.2) is 30.3 Å². The molecule has 2 amide bonds. The number of nitrogens with zero attached hydrogens (tertiary/aromatic N) is 1. The number of benzene rings is 1. The first-order valence-electron chi connectivity index (χ1n) is 6.25. The Hall–Kier alpha value is -1.84. The normalized spacial score (nSPS) is 23.7. The van der Waals surface area contributed by atoms with E-state index in [0.717, 1.165) is 18.4 Å². The first-order chi connectivity index (χ1) is 8.59. The van der Waals surface area contributed by atoms with Crippen molar-refractivity contribution < 1.29 is 9.59 Å². The van der Waals surface area contributed by atoms with E-state index in [4.69, 9.17) is 5.73 Å². The Bertz CT molecular complexity index is 444. The van der Waals surface area contributed by atoms with E-state index in [9.17, 15) is 9.59 Å². The van der Waals surface area contributed by atoms with E-state index in [0.29, 0.717) is 12.5 Å². The summed E-state index contributed by atoms with van der Waals surface area (Å²) in [7, 11) is 0. The van der Waals surface area contributed by atoms with Crippen molar-refractivity contribution >= 4 is 11.8 Å². The minimum Gasteiger partial charge on any atom is -0.361 e. The lowest BCUT2D eigenvalue weighted by Crippen LogP contribution is -2.46. The number of rotatable bonds is 1. The lowest BCUT2D eigenvalue weighted by molar-refractivity contribution is -0.147. The van der Waals surface area contributed by atoms with Crippen LogP contribution in [0.2, 0.25) is 0 Å². The van der Waals surface area contributed by atoms with Gasteiger partial charge in [0.1, 0.15) is 0 Å². The Morgan fingerprint density at radius 3 is 2.50 bits per heavy atom. The van der Waals surface area contributed by atoms with Crippen LogP contribution in [0.25, 0.3) is 0 Å². The number of piperidine rings is 1. The molecule has 1 heterocycles. The molecule has 2 N–H and O–H groups in total. The third-order valence-electron chi connectivity index (χ3n) is 3.47. The molecular formula is C14H18N2O2. The average molecular weight is 246 g/mol. The maximum Gasteiger partial charge on any atom is 0.312 e. The molecule has 1 aliphatic heterocycles. The summed E-state index contributed by atoms with van der Waals surface area (Å²) in [5.41, 5.74) is 6.19. The highest BCUT2D eigenvalue weighted by molar-refractivity contribution is 6.34. The van der Waals surface area contributed by atoms with E-state index in [1.807, 2.05) is 30.3 Å². The molecule has 4 heteroatoms. The van der Waals surface area contributed by atoms with Crippen LogP contribution in [-0.2, 0) is 9.59 Å². The van der Waals surface area contributed by atoms with Gasteiger partial charge in [-0.15, -0.1) is 0 Å². The van der Waals surface area contributed by atoms with Gasteiger partial charge in [0.05, 0.1) is 6.04 Å². The Kier molecular flexibility index (Phi) is 3.65. The second kappa shape index (κ2) is 5.21. The van der Waals surface area contributed by atoms with Gasteiger partial charge >= 0.3 is 11.8 Å². The lowest BCUT2D eigenvalue weighted by Gasteiger charge is -2.38. The van der Waals surface area contributed by atoms with Gasteiger partial charge in [-0.2, -0.15) is 0 Å². The fourth-order valence-corrected chi connectivity index (χ4v) is 2.54. The molecule has 18 heavy (non-hydrogen) atoms. The molecule has 2 atom stereocenters. The zero-order chi connectivity index (χ0) is 13.1. The molecule has 0 spiro atoms. The molecule has 0 unspecified atom stereocenters. The largest absolute Gasteiger partial charge is 0.361 e. The smallest absolute Gasteiger partial charge is 0.312 e. The van der Waals surface area contributed by atoms with Crippen LogP contribution in [0, 0.1) is 5.92 Å². The predicted molar refractivity (Wildman–Crippen MR) is 68.5 cm³/mol. The molecular weight excluding hydrogens is 228 g/mol. The number of likely N-dealkylation sites (tertiary alicyclic amines) is 1. The van der Waals surface area contributed by atoms with Crippen LogP contribution in [0.4, 0.5) is 0 Å². The molecule has 1 aromatic rings. The molecule has 0 aromatic heterocycles. The van der Waals surface area contributed by atoms with Crippen molar-refractivity contribution in [3.63, 3.8) is 0 Å². The van der Waals surface area contributed by atoms with Crippen LogP contribution in [0.3, 0.4) is 0 Å². The van der Waals surface area contributed by atoms with Crippen molar-refractivity contribution in [1.29, 1.82) is 0 Å². The lowest BCUT2D eigenvalue weighted by atomic mass is 9.90. The maximum atomic E-state index is 11.9. The van der Waals surface area contributed by atoms with Gasteiger partial charge in [-0.05, 0) is 24.3 Å². The van der Waals surface area contributed by atoms with Gasteiger partial charge in [0.2, 0.25) is 0 Å². The van der Waals surface area contributed by atoms with Crippen LogP contribution >= 0.6 is 0 Å². The van der Waals surface area contributed by atoms with E-state index in [1.165, 1.54) is 0 Å². The SMILES string of the molecule is C[C@H]1CC[C@H](c2ccccc2)N(C(=O)C(N)=O)C1. The van der Waals surface area contributed by atoms with E-state index < -0.39 is 11.8 Å². The van der Waals surface area contributed by atoms with Crippen LogP contribution in [0.1, 0.15) is 31.4 Å². The number of hydrogen-bond donors (Lipinski definition) is 1. The van der Waals surface area contributed by atoms with Crippen molar-refractivity contribution in [1.82, 2.24) is 4.90 Å².